The van der Waals surface area contributed by atoms with Crippen LogP contribution in [0.1, 0.15) is 21.5 Å². The highest BCUT2D eigenvalue weighted by Crippen LogP contribution is 2.40. The topological polar surface area (TPSA) is 54.0 Å². The molecule has 0 saturated heterocycles. The third-order valence-corrected chi connectivity index (χ3v) is 3.77. The molecule has 0 amide bonds. The first-order valence-corrected chi connectivity index (χ1v) is 7.71. The fourth-order valence-corrected chi connectivity index (χ4v) is 2.51. The van der Waals surface area contributed by atoms with Gasteiger partial charge in [-0.15, -0.1) is 0 Å². The summed E-state index contributed by atoms with van der Waals surface area (Å²) in [5, 5.41) is 0. The van der Waals surface area contributed by atoms with E-state index in [0.717, 1.165) is 5.56 Å². The Bertz CT molecular complexity index is 793. The van der Waals surface area contributed by atoms with E-state index in [2.05, 4.69) is 0 Å². The van der Waals surface area contributed by atoms with Crippen molar-refractivity contribution in [3.8, 4) is 23.0 Å². The molecule has 0 aliphatic heterocycles. The van der Waals surface area contributed by atoms with E-state index in [1.54, 1.807) is 45.6 Å². The second-order valence-corrected chi connectivity index (χ2v) is 5.32. The van der Waals surface area contributed by atoms with Crippen molar-refractivity contribution in [3.05, 3.63) is 53.1 Å². The number of carbonyl (C=O) groups excluding carboxylic acids is 1. The first kappa shape index (κ1) is 18.4. The van der Waals surface area contributed by atoms with Crippen LogP contribution in [0.2, 0.25) is 0 Å². The van der Waals surface area contributed by atoms with Gasteiger partial charge in [-0.25, -0.2) is 0 Å². The molecule has 5 nitrogen and oxygen atoms in total. The zero-order valence-corrected chi connectivity index (χ0v) is 15.1. The minimum absolute atomic E-state index is 0.159. The van der Waals surface area contributed by atoms with Crippen LogP contribution in [0.3, 0.4) is 0 Å². The zero-order chi connectivity index (χ0) is 18.4. The van der Waals surface area contributed by atoms with Crippen molar-refractivity contribution in [2.75, 3.05) is 28.4 Å². The molecule has 0 aromatic heterocycles. The van der Waals surface area contributed by atoms with Crippen LogP contribution in [-0.4, -0.2) is 34.2 Å². The van der Waals surface area contributed by atoms with Crippen LogP contribution in [0.5, 0.6) is 23.0 Å². The average Bonchev–Trinajstić information content (AvgIpc) is 2.64. The lowest BCUT2D eigenvalue weighted by atomic mass is 10.1. The van der Waals surface area contributed by atoms with Gasteiger partial charge >= 0.3 is 0 Å². The number of methoxy groups -OCH3 is 4. The Hall–Kier alpha value is -2.95. The lowest BCUT2D eigenvalue weighted by Gasteiger charge is -2.14. The maximum absolute atomic E-state index is 12.5. The van der Waals surface area contributed by atoms with Crippen molar-refractivity contribution in [1.82, 2.24) is 0 Å². The molecule has 25 heavy (non-hydrogen) atoms. The molecule has 132 valence electrons. The van der Waals surface area contributed by atoms with Crippen LogP contribution in [0.25, 0.3) is 6.08 Å². The number of ketones is 1. The van der Waals surface area contributed by atoms with Crippen LogP contribution >= 0.6 is 0 Å². The molecule has 0 spiro atoms. The fraction of sp³-hybridized carbons (Fsp3) is 0.250. The molecule has 0 heterocycles. The molecule has 0 saturated carbocycles. The first-order valence-electron chi connectivity index (χ1n) is 7.71. The first-order chi connectivity index (χ1) is 12.0. The van der Waals surface area contributed by atoms with Crippen molar-refractivity contribution < 1.29 is 23.7 Å². The van der Waals surface area contributed by atoms with Gasteiger partial charge in [0.2, 0.25) is 5.75 Å². The fourth-order valence-electron chi connectivity index (χ4n) is 2.51. The van der Waals surface area contributed by atoms with Gasteiger partial charge in [-0.05, 0) is 48.9 Å². The SMILES string of the molecule is COc1cc(C)ccc1C(=O)/C=C/c1ccc(OC)c(OC)c1OC. The molecule has 0 bridgehead atoms. The van der Waals surface area contributed by atoms with Crippen molar-refractivity contribution in [2.45, 2.75) is 6.92 Å². The zero-order valence-electron chi connectivity index (χ0n) is 15.1. The highest BCUT2D eigenvalue weighted by molar-refractivity contribution is 6.08. The van der Waals surface area contributed by atoms with Gasteiger partial charge in [0, 0.05) is 5.56 Å². The van der Waals surface area contributed by atoms with E-state index in [0.29, 0.717) is 34.1 Å². The maximum Gasteiger partial charge on any atom is 0.203 e. The summed E-state index contributed by atoms with van der Waals surface area (Å²) in [5.41, 5.74) is 2.24. The van der Waals surface area contributed by atoms with Crippen molar-refractivity contribution in [2.24, 2.45) is 0 Å². The molecule has 2 aromatic carbocycles. The largest absolute Gasteiger partial charge is 0.496 e. The molecule has 0 aliphatic rings. The van der Waals surface area contributed by atoms with E-state index in [1.807, 2.05) is 19.1 Å². The summed E-state index contributed by atoms with van der Waals surface area (Å²) in [6.45, 7) is 1.95. The standard InChI is InChI=1S/C20H22O5/c1-13-6-9-15(18(12-13)23-3)16(21)10-7-14-8-11-17(22-2)20(25-5)19(14)24-4/h6-12H,1-5H3/b10-7+. The van der Waals surface area contributed by atoms with Crippen molar-refractivity contribution in [1.29, 1.82) is 0 Å². The van der Waals surface area contributed by atoms with Crippen LogP contribution in [0.4, 0.5) is 0 Å². The van der Waals surface area contributed by atoms with Gasteiger partial charge in [-0.2, -0.15) is 0 Å². The Balaban J connectivity index is 2.38. The van der Waals surface area contributed by atoms with E-state index in [-0.39, 0.29) is 5.78 Å². The van der Waals surface area contributed by atoms with Gasteiger partial charge in [0.05, 0.1) is 34.0 Å². The number of hydrogen-bond acceptors (Lipinski definition) is 5. The number of benzene rings is 2. The van der Waals surface area contributed by atoms with Crippen LogP contribution in [0.15, 0.2) is 36.4 Å². The summed E-state index contributed by atoms with van der Waals surface area (Å²) >= 11 is 0. The van der Waals surface area contributed by atoms with E-state index in [4.69, 9.17) is 18.9 Å². The summed E-state index contributed by atoms with van der Waals surface area (Å²) in [7, 11) is 6.18. The monoisotopic (exact) mass is 342 g/mol. The molecular weight excluding hydrogens is 320 g/mol. The highest BCUT2D eigenvalue weighted by atomic mass is 16.5. The Morgan fingerprint density at radius 2 is 1.52 bits per heavy atom. The summed E-state index contributed by atoms with van der Waals surface area (Å²) in [6, 6.07) is 9.03. The summed E-state index contributed by atoms with van der Waals surface area (Å²) in [5.74, 6) is 1.93. The lowest BCUT2D eigenvalue weighted by molar-refractivity contribution is 0.104. The van der Waals surface area contributed by atoms with Gasteiger partial charge in [-0.3, -0.25) is 4.79 Å². The summed E-state index contributed by atoms with van der Waals surface area (Å²) < 4.78 is 21.3. The molecule has 0 aliphatic carbocycles. The van der Waals surface area contributed by atoms with Crippen LogP contribution in [0, 0.1) is 6.92 Å². The molecule has 0 fully saturated rings. The Kier molecular flexibility index (Phi) is 6.06. The van der Waals surface area contributed by atoms with Gasteiger partial charge in [0.25, 0.3) is 0 Å². The second-order valence-electron chi connectivity index (χ2n) is 5.32. The van der Waals surface area contributed by atoms with Crippen LogP contribution in [-0.2, 0) is 0 Å². The van der Waals surface area contributed by atoms with Crippen molar-refractivity contribution >= 4 is 11.9 Å². The molecular formula is C20H22O5. The predicted molar refractivity (Wildman–Crippen MR) is 97.2 cm³/mol. The number of carbonyl (C=O) groups is 1. The van der Waals surface area contributed by atoms with Crippen molar-refractivity contribution in [3.63, 3.8) is 0 Å². The van der Waals surface area contributed by atoms with Crippen LogP contribution < -0.4 is 18.9 Å². The minimum atomic E-state index is -0.159. The quantitative estimate of drug-likeness (QED) is 0.564. The third-order valence-electron chi connectivity index (χ3n) is 3.77. The summed E-state index contributed by atoms with van der Waals surface area (Å²) in [4.78, 5) is 12.5. The number of hydrogen-bond donors (Lipinski definition) is 0. The molecule has 0 radical (unpaired) electrons. The average molecular weight is 342 g/mol. The molecule has 2 aromatic rings. The number of ether oxygens (including phenoxy) is 4. The number of allylic oxidation sites excluding steroid dienone is 1. The minimum Gasteiger partial charge on any atom is -0.496 e. The van der Waals surface area contributed by atoms with E-state index in [9.17, 15) is 4.79 Å². The molecule has 2 rings (SSSR count). The molecule has 0 atom stereocenters. The Morgan fingerprint density at radius 3 is 2.12 bits per heavy atom. The summed E-state index contributed by atoms with van der Waals surface area (Å²) in [6.07, 6.45) is 3.17. The molecule has 0 unspecified atom stereocenters. The third kappa shape index (κ3) is 3.94. The molecule has 0 N–H and O–H groups in total. The number of aryl methyl sites for hydroxylation is 1. The second kappa shape index (κ2) is 8.24. The van der Waals surface area contributed by atoms with Gasteiger partial charge in [0.1, 0.15) is 5.75 Å². The van der Waals surface area contributed by atoms with Gasteiger partial charge in [-0.1, -0.05) is 6.07 Å². The van der Waals surface area contributed by atoms with E-state index in [1.165, 1.54) is 13.2 Å². The number of rotatable bonds is 7. The molecule has 5 heteroatoms. The van der Waals surface area contributed by atoms with Gasteiger partial charge < -0.3 is 18.9 Å². The maximum atomic E-state index is 12.5. The Morgan fingerprint density at radius 1 is 0.840 bits per heavy atom. The predicted octanol–water partition coefficient (Wildman–Crippen LogP) is 3.93. The normalized spacial score (nSPS) is 10.6. The smallest absolute Gasteiger partial charge is 0.203 e. The Labute approximate surface area is 147 Å². The van der Waals surface area contributed by atoms with E-state index >= 15 is 0 Å². The van der Waals surface area contributed by atoms with Gasteiger partial charge in [0.15, 0.2) is 17.3 Å². The highest BCUT2D eigenvalue weighted by Gasteiger charge is 2.15. The lowest BCUT2D eigenvalue weighted by Crippen LogP contribution is -2.00. The van der Waals surface area contributed by atoms with E-state index < -0.39 is 0 Å².